The summed E-state index contributed by atoms with van der Waals surface area (Å²) < 4.78 is 0. The molecule has 0 saturated carbocycles. The van der Waals surface area contributed by atoms with Crippen LogP contribution in [0.25, 0.3) is 0 Å². The second kappa shape index (κ2) is 7.37. The number of urea groups is 1. The van der Waals surface area contributed by atoms with Crippen LogP contribution in [0.15, 0.2) is 18.2 Å². The summed E-state index contributed by atoms with van der Waals surface area (Å²) in [5.74, 6) is 1.91. The zero-order valence-electron chi connectivity index (χ0n) is 12.6. The van der Waals surface area contributed by atoms with Crippen LogP contribution in [0.1, 0.15) is 24.0 Å². The summed E-state index contributed by atoms with van der Waals surface area (Å²) in [6.45, 7) is 3.52. The van der Waals surface area contributed by atoms with E-state index in [9.17, 15) is 4.79 Å². The molecule has 0 radical (unpaired) electrons. The lowest BCUT2D eigenvalue weighted by Crippen LogP contribution is -2.41. The van der Waals surface area contributed by atoms with E-state index >= 15 is 0 Å². The predicted molar refractivity (Wildman–Crippen MR) is 87.6 cm³/mol. The molecule has 4 nitrogen and oxygen atoms in total. The van der Waals surface area contributed by atoms with Crippen molar-refractivity contribution < 1.29 is 4.79 Å². The normalized spacial score (nSPS) is 15.6. The molecule has 0 aromatic heterocycles. The molecule has 2 amide bonds. The molecule has 0 unspecified atom stereocenters. The third kappa shape index (κ3) is 4.15. The minimum atomic E-state index is -0.0645. The number of anilines is 1. The minimum absolute atomic E-state index is 0.0645. The van der Waals surface area contributed by atoms with E-state index in [4.69, 9.17) is 5.26 Å². The van der Waals surface area contributed by atoms with E-state index in [1.807, 2.05) is 35.7 Å². The van der Waals surface area contributed by atoms with Crippen molar-refractivity contribution in [1.82, 2.24) is 4.90 Å². The highest BCUT2D eigenvalue weighted by atomic mass is 32.2. The van der Waals surface area contributed by atoms with Gasteiger partial charge in [-0.15, -0.1) is 0 Å². The Kier molecular flexibility index (Phi) is 5.51. The fourth-order valence-corrected chi connectivity index (χ4v) is 3.37. The number of rotatable bonds is 3. The maximum atomic E-state index is 12.2. The quantitative estimate of drug-likeness (QED) is 0.930. The summed E-state index contributed by atoms with van der Waals surface area (Å²) in [6.07, 6.45) is 4.28. The Morgan fingerprint density at radius 2 is 2.19 bits per heavy atom. The van der Waals surface area contributed by atoms with Gasteiger partial charge in [-0.1, -0.05) is 6.07 Å². The summed E-state index contributed by atoms with van der Waals surface area (Å²) in [5, 5.41) is 11.9. The molecule has 1 saturated heterocycles. The van der Waals surface area contributed by atoms with Crippen molar-refractivity contribution in [3.8, 4) is 6.07 Å². The van der Waals surface area contributed by atoms with Crippen molar-refractivity contribution in [3.63, 3.8) is 0 Å². The average Bonchev–Trinajstić information content (AvgIpc) is 2.50. The van der Waals surface area contributed by atoms with Gasteiger partial charge >= 0.3 is 6.03 Å². The Bertz CT molecular complexity index is 545. The molecule has 1 fully saturated rings. The van der Waals surface area contributed by atoms with Gasteiger partial charge in [0.1, 0.15) is 0 Å². The first-order valence-electron chi connectivity index (χ1n) is 7.19. The van der Waals surface area contributed by atoms with E-state index in [0.29, 0.717) is 11.3 Å². The Labute approximate surface area is 130 Å². The lowest BCUT2D eigenvalue weighted by Gasteiger charge is -2.31. The summed E-state index contributed by atoms with van der Waals surface area (Å²) >= 11 is 1.88. The van der Waals surface area contributed by atoms with Crippen molar-refractivity contribution in [3.05, 3.63) is 29.3 Å². The van der Waals surface area contributed by atoms with Gasteiger partial charge in [0.05, 0.1) is 11.6 Å². The number of carbonyl (C=O) groups excluding carboxylic acids is 1. The number of carbonyl (C=O) groups is 1. The first-order chi connectivity index (χ1) is 10.1. The number of aryl methyl sites for hydroxylation is 1. The number of nitrogens with zero attached hydrogens (tertiary/aromatic N) is 2. The fourth-order valence-electron chi connectivity index (χ4n) is 2.56. The van der Waals surface area contributed by atoms with Gasteiger partial charge in [0.15, 0.2) is 0 Å². The van der Waals surface area contributed by atoms with Crippen molar-refractivity contribution in [2.75, 3.05) is 30.4 Å². The number of nitrogens with one attached hydrogen (secondary N) is 1. The predicted octanol–water partition coefficient (Wildman–Crippen LogP) is 3.47. The number of benzene rings is 1. The Hall–Kier alpha value is -1.67. The zero-order chi connectivity index (χ0) is 15.2. The SMILES string of the molecule is CSCC1CCN(C(=O)Nc2ccc(C)c(C#N)c2)CC1. The summed E-state index contributed by atoms with van der Waals surface area (Å²) in [5.41, 5.74) is 2.22. The smallest absolute Gasteiger partial charge is 0.321 e. The number of thioether (sulfide) groups is 1. The number of likely N-dealkylation sites (tertiary alicyclic amines) is 1. The van der Waals surface area contributed by atoms with Crippen LogP contribution in [0.2, 0.25) is 0 Å². The van der Waals surface area contributed by atoms with E-state index in [1.54, 1.807) is 6.07 Å². The molecule has 112 valence electrons. The topological polar surface area (TPSA) is 56.1 Å². The van der Waals surface area contributed by atoms with E-state index in [-0.39, 0.29) is 6.03 Å². The lowest BCUT2D eigenvalue weighted by atomic mass is 9.99. The molecule has 0 spiro atoms. The van der Waals surface area contributed by atoms with Gasteiger partial charge in [0.25, 0.3) is 0 Å². The van der Waals surface area contributed by atoms with Crippen LogP contribution < -0.4 is 5.32 Å². The highest BCUT2D eigenvalue weighted by molar-refractivity contribution is 7.98. The highest BCUT2D eigenvalue weighted by Gasteiger charge is 2.22. The molecule has 21 heavy (non-hydrogen) atoms. The van der Waals surface area contributed by atoms with E-state index in [0.717, 1.165) is 37.4 Å². The number of amides is 2. The van der Waals surface area contributed by atoms with Crippen LogP contribution >= 0.6 is 11.8 Å². The molecule has 1 heterocycles. The molecule has 1 N–H and O–H groups in total. The van der Waals surface area contributed by atoms with Crippen molar-refractivity contribution >= 4 is 23.5 Å². The van der Waals surface area contributed by atoms with Crippen molar-refractivity contribution in [2.24, 2.45) is 5.92 Å². The molecule has 1 aliphatic rings. The standard InChI is InChI=1S/C16H21N3OS/c1-12-3-4-15(9-14(12)10-17)18-16(20)19-7-5-13(6-8-19)11-21-2/h3-4,9,13H,5-8,11H2,1-2H3,(H,18,20). The fraction of sp³-hybridized carbons (Fsp3) is 0.500. The Morgan fingerprint density at radius 3 is 2.81 bits per heavy atom. The highest BCUT2D eigenvalue weighted by Crippen LogP contribution is 2.21. The third-order valence-corrected chi connectivity index (χ3v) is 4.72. The molecule has 0 bridgehead atoms. The maximum absolute atomic E-state index is 12.2. The summed E-state index contributed by atoms with van der Waals surface area (Å²) in [4.78, 5) is 14.1. The summed E-state index contributed by atoms with van der Waals surface area (Å²) in [7, 11) is 0. The molecule has 0 aliphatic carbocycles. The molecule has 5 heteroatoms. The lowest BCUT2D eigenvalue weighted by molar-refractivity contribution is 0.187. The number of nitriles is 1. The molecule has 1 aromatic rings. The van der Waals surface area contributed by atoms with Crippen LogP contribution in [0.5, 0.6) is 0 Å². The largest absolute Gasteiger partial charge is 0.325 e. The second-order valence-electron chi connectivity index (χ2n) is 5.46. The van der Waals surface area contributed by atoms with E-state index < -0.39 is 0 Å². The van der Waals surface area contributed by atoms with Gasteiger partial charge in [0.2, 0.25) is 0 Å². The zero-order valence-corrected chi connectivity index (χ0v) is 13.4. The van der Waals surface area contributed by atoms with E-state index in [2.05, 4.69) is 17.6 Å². The minimum Gasteiger partial charge on any atom is -0.325 e. The molecule has 2 rings (SSSR count). The molecular formula is C16H21N3OS. The third-order valence-electron chi connectivity index (χ3n) is 3.91. The molecule has 0 atom stereocenters. The summed E-state index contributed by atoms with van der Waals surface area (Å²) in [6, 6.07) is 7.51. The van der Waals surface area contributed by atoms with Crippen LogP contribution in [0.3, 0.4) is 0 Å². The van der Waals surface area contributed by atoms with Crippen molar-refractivity contribution in [2.45, 2.75) is 19.8 Å². The van der Waals surface area contributed by atoms with Crippen LogP contribution in [-0.4, -0.2) is 36.0 Å². The average molecular weight is 303 g/mol. The van der Waals surface area contributed by atoms with E-state index in [1.165, 1.54) is 5.75 Å². The van der Waals surface area contributed by atoms with Gasteiger partial charge in [-0.3, -0.25) is 0 Å². The van der Waals surface area contributed by atoms with Crippen LogP contribution in [0.4, 0.5) is 10.5 Å². The second-order valence-corrected chi connectivity index (χ2v) is 6.37. The monoisotopic (exact) mass is 303 g/mol. The molecular weight excluding hydrogens is 282 g/mol. The van der Waals surface area contributed by atoms with Gasteiger partial charge in [-0.2, -0.15) is 17.0 Å². The van der Waals surface area contributed by atoms with Crippen molar-refractivity contribution in [1.29, 1.82) is 5.26 Å². The first kappa shape index (κ1) is 15.7. The Morgan fingerprint density at radius 1 is 1.48 bits per heavy atom. The van der Waals surface area contributed by atoms with Crippen LogP contribution in [0, 0.1) is 24.2 Å². The van der Waals surface area contributed by atoms with Gasteiger partial charge < -0.3 is 10.2 Å². The van der Waals surface area contributed by atoms with Gasteiger partial charge in [0, 0.05) is 18.8 Å². The molecule has 1 aliphatic heterocycles. The van der Waals surface area contributed by atoms with Gasteiger partial charge in [-0.05, 0) is 55.4 Å². The van der Waals surface area contributed by atoms with Crippen LogP contribution in [-0.2, 0) is 0 Å². The molecule has 1 aromatic carbocycles. The number of hydrogen-bond acceptors (Lipinski definition) is 3. The number of hydrogen-bond donors (Lipinski definition) is 1. The number of piperidine rings is 1. The Balaban J connectivity index is 1.92. The van der Waals surface area contributed by atoms with Gasteiger partial charge in [-0.25, -0.2) is 4.79 Å². The first-order valence-corrected chi connectivity index (χ1v) is 8.59. The maximum Gasteiger partial charge on any atom is 0.321 e.